The maximum absolute atomic E-state index is 13.7. The van der Waals surface area contributed by atoms with Crippen molar-refractivity contribution in [3.63, 3.8) is 0 Å². The number of nitrogens with zero attached hydrogens (tertiary/aromatic N) is 6. The number of imide groups is 1. The maximum atomic E-state index is 13.7. The summed E-state index contributed by atoms with van der Waals surface area (Å²) in [4.78, 5) is 41.2. The van der Waals surface area contributed by atoms with E-state index in [0.717, 1.165) is 26.2 Å². The molecule has 3 aliphatic heterocycles. The summed E-state index contributed by atoms with van der Waals surface area (Å²) in [5.74, 6) is -1.58. The van der Waals surface area contributed by atoms with Crippen molar-refractivity contribution in [2.24, 2.45) is 15.4 Å². The van der Waals surface area contributed by atoms with Crippen LogP contribution in [0.2, 0.25) is 10.0 Å². The van der Waals surface area contributed by atoms with Crippen LogP contribution in [0.4, 0.5) is 5.69 Å². The molecular formula is C27H19BrCl2N6O3. The van der Waals surface area contributed by atoms with Crippen molar-refractivity contribution < 1.29 is 14.4 Å². The number of hydrazone groups is 1. The van der Waals surface area contributed by atoms with Crippen LogP contribution in [0, 0.1) is 0 Å². The minimum atomic E-state index is -1.09. The first kappa shape index (κ1) is 25.7. The van der Waals surface area contributed by atoms with E-state index in [9.17, 15) is 14.4 Å². The number of carbonyl (C=O) groups excluding carboxylic acids is 3. The Balaban J connectivity index is 1.27. The molecule has 1 fully saturated rings. The standard InChI is InChI=1S/C27H19BrCl2N6O3/c28-17-11-9-15(10-12-17)20-13-21(16-5-2-1-3-6-16)36(32-20)22(37)14-34-25-23(31-33-34)26(38)35(27(25)39)24-18(29)7-4-8-19(24)30/h1-12,21,23,25H,13-14H2/t21-,23+,25-/m0/s1. The number of hydrogen-bond acceptors (Lipinski definition) is 7. The average molecular weight is 626 g/mol. The number of fused-ring (bicyclic) bond motifs is 1. The molecule has 0 unspecified atom stereocenters. The van der Waals surface area contributed by atoms with Gasteiger partial charge in [-0.1, -0.05) is 92.9 Å². The summed E-state index contributed by atoms with van der Waals surface area (Å²) < 4.78 is 0.939. The van der Waals surface area contributed by atoms with Crippen LogP contribution >= 0.6 is 39.1 Å². The van der Waals surface area contributed by atoms with E-state index in [1.54, 1.807) is 18.2 Å². The molecule has 0 spiro atoms. The molecule has 0 bridgehead atoms. The predicted octanol–water partition coefficient (Wildman–Crippen LogP) is 5.43. The van der Waals surface area contributed by atoms with Crippen molar-refractivity contribution in [3.8, 4) is 0 Å². The van der Waals surface area contributed by atoms with E-state index in [1.807, 2.05) is 54.6 Å². The van der Waals surface area contributed by atoms with Gasteiger partial charge in [-0.25, -0.2) is 9.91 Å². The van der Waals surface area contributed by atoms with Crippen molar-refractivity contribution in [3.05, 3.63) is 98.4 Å². The van der Waals surface area contributed by atoms with Gasteiger partial charge in [-0.3, -0.25) is 19.4 Å². The lowest BCUT2D eigenvalue weighted by Crippen LogP contribution is -2.44. The van der Waals surface area contributed by atoms with E-state index in [-0.39, 0.29) is 34.2 Å². The van der Waals surface area contributed by atoms with Gasteiger partial charge in [0.25, 0.3) is 17.7 Å². The largest absolute Gasteiger partial charge is 0.271 e. The van der Waals surface area contributed by atoms with Gasteiger partial charge in [0, 0.05) is 10.9 Å². The van der Waals surface area contributed by atoms with Crippen LogP contribution < -0.4 is 4.90 Å². The van der Waals surface area contributed by atoms with Gasteiger partial charge < -0.3 is 0 Å². The highest BCUT2D eigenvalue weighted by atomic mass is 79.9. The fourth-order valence-electron chi connectivity index (χ4n) is 4.98. The van der Waals surface area contributed by atoms with Crippen LogP contribution in [0.5, 0.6) is 0 Å². The van der Waals surface area contributed by atoms with E-state index in [4.69, 9.17) is 23.2 Å². The highest BCUT2D eigenvalue weighted by Crippen LogP contribution is 2.40. The zero-order valence-corrected chi connectivity index (χ0v) is 23.2. The lowest BCUT2D eigenvalue weighted by Gasteiger charge is -2.25. The molecule has 3 aromatic carbocycles. The molecule has 3 atom stereocenters. The summed E-state index contributed by atoms with van der Waals surface area (Å²) in [7, 11) is 0. The summed E-state index contributed by atoms with van der Waals surface area (Å²) in [5, 5.41) is 15.7. The SMILES string of the molecule is O=C1[C@@H]2[C@@H](N=NN2CC(=O)N2N=C(c3ccc(Br)cc3)C[C@H]2c2ccccc2)C(=O)N1c1c(Cl)cccc1Cl. The van der Waals surface area contributed by atoms with E-state index >= 15 is 0 Å². The maximum Gasteiger partial charge on any atom is 0.264 e. The number of amides is 3. The number of hydrogen-bond donors (Lipinski definition) is 0. The molecule has 0 aliphatic carbocycles. The molecule has 6 rings (SSSR count). The zero-order valence-electron chi connectivity index (χ0n) is 20.1. The third-order valence-corrected chi connectivity index (χ3v) is 7.98. The quantitative estimate of drug-likeness (QED) is 0.353. The van der Waals surface area contributed by atoms with Crippen LogP contribution in [-0.4, -0.2) is 52.1 Å². The summed E-state index contributed by atoms with van der Waals surface area (Å²) in [6, 6.07) is 19.5. The van der Waals surface area contributed by atoms with E-state index in [0.29, 0.717) is 6.42 Å². The first-order valence-electron chi connectivity index (χ1n) is 12.0. The molecule has 12 heteroatoms. The average Bonchev–Trinajstić information content (AvgIpc) is 3.62. The summed E-state index contributed by atoms with van der Waals surface area (Å²) in [6.45, 7) is -0.297. The molecule has 0 aromatic heterocycles. The Morgan fingerprint density at radius 3 is 2.31 bits per heavy atom. The molecule has 0 N–H and O–H groups in total. The molecule has 3 heterocycles. The van der Waals surface area contributed by atoms with Gasteiger partial charge in [-0.05, 0) is 35.4 Å². The lowest BCUT2D eigenvalue weighted by atomic mass is 9.98. The molecule has 0 radical (unpaired) electrons. The Morgan fingerprint density at radius 2 is 1.62 bits per heavy atom. The zero-order chi connectivity index (χ0) is 27.3. The number of para-hydroxylation sites is 1. The minimum Gasteiger partial charge on any atom is -0.271 e. The van der Waals surface area contributed by atoms with Gasteiger partial charge in [0.05, 0.1) is 27.5 Å². The van der Waals surface area contributed by atoms with Crippen molar-refractivity contribution in [1.29, 1.82) is 0 Å². The summed E-state index contributed by atoms with van der Waals surface area (Å²) in [5.41, 5.74) is 2.69. The second-order valence-electron chi connectivity index (χ2n) is 9.20. The lowest BCUT2D eigenvalue weighted by molar-refractivity contribution is -0.135. The molecule has 39 heavy (non-hydrogen) atoms. The smallest absolute Gasteiger partial charge is 0.264 e. The second kappa shape index (κ2) is 10.2. The highest BCUT2D eigenvalue weighted by molar-refractivity contribution is 9.10. The first-order valence-corrected chi connectivity index (χ1v) is 13.6. The fraction of sp³-hybridized carbons (Fsp3) is 0.185. The molecule has 196 valence electrons. The Hall–Kier alpha value is -3.60. The third-order valence-electron chi connectivity index (χ3n) is 6.84. The molecule has 3 aliphatic rings. The van der Waals surface area contributed by atoms with Gasteiger partial charge in [0.15, 0.2) is 12.1 Å². The Kier molecular flexibility index (Phi) is 6.70. The van der Waals surface area contributed by atoms with Crippen molar-refractivity contribution in [1.82, 2.24) is 10.0 Å². The summed E-state index contributed by atoms with van der Waals surface area (Å²) in [6.07, 6.45) is 0.515. The van der Waals surface area contributed by atoms with E-state index in [1.165, 1.54) is 10.0 Å². The monoisotopic (exact) mass is 624 g/mol. The van der Waals surface area contributed by atoms with Gasteiger partial charge in [0.2, 0.25) is 0 Å². The van der Waals surface area contributed by atoms with Crippen molar-refractivity contribution in [2.45, 2.75) is 24.5 Å². The van der Waals surface area contributed by atoms with Crippen molar-refractivity contribution >= 4 is 68.3 Å². The number of halogens is 3. The topological polar surface area (TPSA) is 98.0 Å². The molecule has 1 saturated heterocycles. The van der Waals surface area contributed by atoms with Crippen LogP contribution in [0.25, 0.3) is 0 Å². The van der Waals surface area contributed by atoms with Gasteiger partial charge >= 0.3 is 0 Å². The molecule has 3 aromatic rings. The molecular weight excluding hydrogens is 607 g/mol. The van der Waals surface area contributed by atoms with Gasteiger partial charge in [-0.15, -0.1) is 0 Å². The number of carbonyl (C=O) groups is 3. The second-order valence-corrected chi connectivity index (χ2v) is 10.9. The van der Waals surface area contributed by atoms with Crippen LogP contribution in [0.1, 0.15) is 23.6 Å². The van der Waals surface area contributed by atoms with E-state index in [2.05, 4.69) is 31.4 Å². The third kappa shape index (κ3) is 4.52. The molecule has 9 nitrogen and oxygen atoms in total. The molecule has 0 saturated carbocycles. The highest BCUT2D eigenvalue weighted by Gasteiger charge is 2.56. The van der Waals surface area contributed by atoms with Gasteiger partial charge in [-0.2, -0.15) is 10.2 Å². The summed E-state index contributed by atoms with van der Waals surface area (Å²) >= 11 is 16.0. The number of anilines is 1. The Bertz CT molecular complexity index is 1530. The van der Waals surface area contributed by atoms with Crippen molar-refractivity contribution in [2.75, 3.05) is 11.4 Å². The Morgan fingerprint density at radius 1 is 0.923 bits per heavy atom. The number of rotatable bonds is 5. The van der Waals surface area contributed by atoms with Crippen LogP contribution in [0.15, 0.2) is 92.7 Å². The predicted molar refractivity (Wildman–Crippen MR) is 149 cm³/mol. The first-order chi connectivity index (χ1) is 18.8. The van der Waals surface area contributed by atoms with Gasteiger partial charge in [0.1, 0.15) is 6.54 Å². The van der Waals surface area contributed by atoms with Crippen LogP contribution in [-0.2, 0) is 14.4 Å². The van der Waals surface area contributed by atoms with E-state index < -0.39 is 23.9 Å². The fourth-order valence-corrected chi connectivity index (χ4v) is 5.81. The Labute approximate surface area is 241 Å². The normalized spacial score (nSPS) is 22.1. The van der Waals surface area contributed by atoms with Crippen LogP contribution in [0.3, 0.4) is 0 Å². The minimum absolute atomic E-state index is 0.0964. The molecule has 3 amide bonds. The number of benzene rings is 3.